The molecule has 0 aliphatic carbocycles. The number of aromatic nitrogens is 4. The van der Waals surface area contributed by atoms with Crippen LogP contribution in [0.15, 0.2) is 53.1 Å². The normalized spacial score (nSPS) is 17.0. The fourth-order valence-corrected chi connectivity index (χ4v) is 2.91. The summed E-state index contributed by atoms with van der Waals surface area (Å²) in [6.45, 7) is 1.47. The van der Waals surface area contributed by atoms with Crippen LogP contribution < -0.4 is 5.32 Å². The van der Waals surface area contributed by atoms with Crippen LogP contribution in [0.3, 0.4) is 0 Å². The van der Waals surface area contributed by atoms with E-state index in [0.29, 0.717) is 18.1 Å². The third kappa shape index (κ3) is 3.52. The van der Waals surface area contributed by atoms with Crippen molar-refractivity contribution in [1.82, 2.24) is 25.1 Å². The summed E-state index contributed by atoms with van der Waals surface area (Å²) in [5.74, 6) is 0.899. The number of carbonyl (C=O) groups is 1. The lowest BCUT2D eigenvalue weighted by Gasteiger charge is -2.17. The second-order valence-electron chi connectivity index (χ2n) is 5.96. The average Bonchev–Trinajstić information content (AvgIpc) is 3.37. The molecule has 1 atom stereocenters. The van der Waals surface area contributed by atoms with Gasteiger partial charge in [-0.15, -0.1) is 10.2 Å². The highest BCUT2D eigenvalue weighted by Crippen LogP contribution is 2.16. The minimum Gasteiger partial charge on any atom is -0.461 e. The molecule has 1 N–H and O–H groups in total. The van der Waals surface area contributed by atoms with Gasteiger partial charge in [0.2, 0.25) is 11.7 Å². The predicted molar refractivity (Wildman–Crippen MR) is 90.6 cm³/mol. The second kappa shape index (κ2) is 6.76. The van der Waals surface area contributed by atoms with E-state index in [2.05, 4.69) is 20.7 Å². The number of carbonyl (C=O) groups excluding carboxylic acids is 1. The molecule has 3 aromatic rings. The molecule has 0 radical (unpaired) electrons. The van der Waals surface area contributed by atoms with E-state index in [1.54, 1.807) is 18.4 Å². The van der Waals surface area contributed by atoms with Crippen LogP contribution in [0.1, 0.15) is 6.42 Å². The van der Waals surface area contributed by atoms with Gasteiger partial charge in [-0.1, -0.05) is 18.2 Å². The van der Waals surface area contributed by atoms with E-state index in [0.717, 1.165) is 18.7 Å². The first-order valence-electron chi connectivity index (χ1n) is 8.19. The van der Waals surface area contributed by atoms with Gasteiger partial charge in [0.15, 0.2) is 5.76 Å². The molecule has 1 saturated heterocycles. The summed E-state index contributed by atoms with van der Waals surface area (Å²) >= 11 is 0. The van der Waals surface area contributed by atoms with Crippen molar-refractivity contribution in [3.63, 3.8) is 0 Å². The van der Waals surface area contributed by atoms with E-state index >= 15 is 0 Å². The lowest BCUT2D eigenvalue weighted by Crippen LogP contribution is -2.34. The molecule has 1 aromatic carbocycles. The van der Waals surface area contributed by atoms with Crippen molar-refractivity contribution in [3.05, 3.63) is 48.7 Å². The average molecular weight is 338 g/mol. The van der Waals surface area contributed by atoms with Gasteiger partial charge >= 0.3 is 0 Å². The first-order chi connectivity index (χ1) is 12.3. The summed E-state index contributed by atoms with van der Waals surface area (Å²) in [5.41, 5.74) is 1.07. The van der Waals surface area contributed by atoms with Gasteiger partial charge in [-0.3, -0.25) is 4.79 Å². The van der Waals surface area contributed by atoms with E-state index < -0.39 is 0 Å². The monoisotopic (exact) mass is 338 g/mol. The standard InChI is InChI=1S/C17H18N6O2/c24-16(12-23-20-17(19-21-23)15-7-4-10-25-15)22-9-8-14(11-22)18-13-5-2-1-3-6-13/h1-7,10,14,18H,8-9,11-12H2/t14-/m0/s1. The third-order valence-corrected chi connectivity index (χ3v) is 4.16. The number of tetrazole rings is 1. The minimum absolute atomic E-state index is 0.0132. The highest BCUT2D eigenvalue weighted by Gasteiger charge is 2.26. The van der Waals surface area contributed by atoms with E-state index in [-0.39, 0.29) is 18.5 Å². The summed E-state index contributed by atoms with van der Waals surface area (Å²) in [7, 11) is 0. The van der Waals surface area contributed by atoms with Crippen LogP contribution in [0, 0.1) is 0 Å². The van der Waals surface area contributed by atoms with E-state index in [9.17, 15) is 4.79 Å². The van der Waals surface area contributed by atoms with Crippen LogP contribution in [0.25, 0.3) is 11.6 Å². The molecule has 128 valence electrons. The number of rotatable bonds is 5. The molecule has 1 aliphatic heterocycles. The number of furan rings is 1. The number of benzene rings is 1. The number of hydrogen-bond donors (Lipinski definition) is 1. The molecule has 1 aliphatic rings. The Labute approximate surface area is 144 Å². The molecule has 3 heterocycles. The Hall–Kier alpha value is -3.16. The molecule has 2 aromatic heterocycles. The molecule has 4 rings (SSSR count). The van der Waals surface area contributed by atoms with Gasteiger partial charge in [-0.2, -0.15) is 4.80 Å². The fourth-order valence-electron chi connectivity index (χ4n) is 2.91. The van der Waals surface area contributed by atoms with Crippen molar-refractivity contribution in [2.75, 3.05) is 18.4 Å². The van der Waals surface area contributed by atoms with Gasteiger partial charge in [0, 0.05) is 24.8 Å². The van der Waals surface area contributed by atoms with Crippen LogP contribution in [-0.2, 0) is 11.3 Å². The van der Waals surface area contributed by atoms with Gasteiger partial charge in [0.25, 0.3) is 0 Å². The second-order valence-corrected chi connectivity index (χ2v) is 5.96. The van der Waals surface area contributed by atoms with E-state index in [4.69, 9.17) is 4.42 Å². The zero-order chi connectivity index (χ0) is 17.1. The summed E-state index contributed by atoms with van der Waals surface area (Å²) < 4.78 is 5.23. The van der Waals surface area contributed by atoms with E-state index in [1.807, 2.05) is 35.2 Å². The zero-order valence-electron chi connectivity index (χ0n) is 13.6. The Morgan fingerprint density at radius 3 is 2.92 bits per heavy atom. The third-order valence-electron chi connectivity index (χ3n) is 4.16. The Morgan fingerprint density at radius 2 is 2.12 bits per heavy atom. The van der Waals surface area contributed by atoms with Crippen LogP contribution in [0.5, 0.6) is 0 Å². The lowest BCUT2D eigenvalue weighted by molar-refractivity contribution is -0.131. The molecular weight excluding hydrogens is 320 g/mol. The Balaban J connectivity index is 1.33. The maximum atomic E-state index is 12.5. The molecule has 1 fully saturated rings. The summed E-state index contributed by atoms with van der Waals surface area (Å²) in [6, 6.07) is 13.8. The molecule has 8 heteroatoms. The van der Waals surface area contributed by atoms with Gasteiger partial charge in [0.05, 0.1) is 6.26 Å². The van der Waals surface area contributed by atoms with Crippen LogP contribution in [-0.4, -0.2) is 50.1 Å². The van der Waals surface area contributed by atoms with Crippen LogP contribution in [0.4, 0.5) is 5.69 Å². The molecule has 0 saturated carbocycles. The smallest absolute Gasteiger partial charge is 0.246 e. The Morgan fingerprint density at radius 1 is 1.24 bits per heavy atom. The topological polar surface area (TPSA) is 89.1 Å². The van der Waals surface area contributed by atoms with Crippen molar-refractivity contribution in [1.29, 1.82) is 0 Å². The lowest BCUT2D eigenvalue weighted by atomic mass is 10.2. The first-order valence-corrected chi connectivity index (χ1v) is 8.19. The summed E-state index contributed by atoms with van der Waals surface area (Å²) in [4.78, 5) is 15.6. The highest BCUT2D eigenvalue weighted by atomic mass is 16.3. The maximum absolute atomic E-state index is 12.5. The fraction of sp³-hybridized carbons (Fsp3) is 0.294. The van der Waals surface area contributed by atoms with Gasteiger partial charge in [-0.25, -0.2) is 0 Å². The van der Waals surface area contributed by atoms with Crippen molar-refractivity contribution >= 4 is 11.6 Å². The van der Waals surface area contributed by atoms with E-state index in [1.165, 1.54) is 4.80 Å². The zero-order valence-corrected chi connectivity index (χ0v) is 13.6. The Bertz CT molecular complexity index is 830. The number of anilines is 1. The van der Waals surface area contributed by atoms with Gasteiger partial charge in [-0.05, 0) is 35.9 Å². The van der Waals surface area contributed by atoms with Crippen LogP contribution in [0.2, 0.25) is 0 Å². The number of amides is 1. The quantitative estimate of drug-likeness (QED) is 0.761. The van der Waals surface area contributed by atoms with Crippen molar-refractivity contribution in [2.24, 2.45) is 0 Å². The SMILES string of the molecule is O=C(Cn1nnc(-c2ccco2)n1)N1CC[C@H](Nc2ccccc2)C1. The van der Waals surface area contributed by atoms with Crippen molar-refractivity contribution in [3.8, 4) is 11.6 Å². The Kier molecular flexibility index (Phi) is 4.16. The number of nitrogens with zero attached hydrogens (tertiary/aromatic N) is 5. The maximum Gasteiger partial charge on any atom is 0.246 e. The molecule has 8 nitrogen and oxygen atoms in total. The molecule has 1 amide bonds. The summed E-state index contributed by atoms with van der Waals surface area (Å²) in [5, 5.41) is 15.5. The van der Waals surface area contributed by atoms with Crippen molar-refractivity contribution < 1.29 is 9.21 Å². The molecule has 0 unspecified atom stereocenters. The number of nitrogens with one attached hydrogen (secondary N) is 1. The van der Waals surface area contributed by atoms with Gasteiger partial charge in [0.1, 0.15) is 6.54 Å². The van der Waals surface area contributed by atoms with Crippen molar-refractivity contribution in [2.45, 2.75) is 19.0 Å². The molecule has 0 spiro atoms. The van der Waals surface area contributed by atoms with Crippen LogP contribution >= 0.6 is 0 Å². The number of likely N-dealkylation sites (tertiary alicyclic amines) is 1. The minimum atomic E-state index is -0.0132. The number of para-hydroxylation sites is 1. The first kappa shape index (κ1) is 15.4. The molecular formula is C17H18N6O2. The summed E-state index contributed by atoms with van der Waals surface area (Å²) in [6.07, 6.45) is 2.47. The largest absolute Gasteiger partial charge is 0.461 e. The molecule has 0 bridgehead atoms. The molecule has 25 heavy (non-hydrogen) atoms. The number of hydrogen-bond acceptors (Lipinski definition) is 6. The predicted octanol–water partition coefficient (Wildman–Crippen LogP) is 1.65. The van der Waals surface area contributed by atoms with Gasteiger partial charge < -0.3 is 14.6 Å². The highest BCUT2D eigenvalue weighted by molar-refractivity contribution is 5.76.